The number of hydrogen-bond acceptors (Lipinski definition) is 5. The van der Waals surface area contributed by atoms with Gasteiger partial charge in [0.1, 0.15) is 0 Å². The second kappa shape index (κ2) is 41.1. The predicted octanol–water partition coefficient (Wildman–Crippen LogP) is 12.4. The van der Waals surface area contributed by atoms with Crippen LogP contribution in [0, 0.1) is 0 Å². The lowest BCUT2D eigenvalue weighted by Gasteiger charge is -2.22. The van der Waals surface area contributed by atoms with E-state index < -0.39 is 12.1 Å². The van der Waals surface area contributed by atoms with Gasteiger partial charge in [0.2, 0.25) is 5.91 Å². The Balaban J connectivity index is 3.53. The Labute approximate surface area is 316 Å². The number of aliphatic hydroxyl groups is 2. The van der Waals surface area contributed by atoms with Gasteiger partial charge in [-0.1, -0.05) is 160 Å². The summed E-state index contributed by atoms with van der Waals surface area (Å²) in [4.78, 5) is 24.3. The average Bonchev–Trinajstić information content (AvgIpc) is 3.13. The van der Waals surface area contributed by atoms with Crippen molar-refractivity contribution in [2.45, 2.75) is 238 Å². The zero-order valence-electron chi connectivity index (χ0n) is 33.8. The molecule has 2 unspecified atom stereocenters. The zero-order chi connectivity index (χ0) is 37.3. The van der Waals surface area contributed by atoms with Crippen LogP contribution in [-0.2, 0) is 14.3 Å². The van der Waals surface area contributed by atoms with Gasteiger partial charge >= 0.3 is 5.97 Å². The van der Waals surface area contributed by atoms with E-state index in [9.17, 15) is 19.8 Å². The van der Waals surface area contributed by atoms with Crippen LogP contribution in [0.2, 0.25) is 0 Å². The highest BCUT2D eigenvalue weighted by Gasteiger charge is 2.20. The fourth-order valence-electron chi connectivity index (χ4n) is 6.49. The van der Waals surface area contributed by atoms with Gasteiger partial charge in [-0.25, -0.2) is 0 Å². The molecule has 0 spiro atoms. The first kappa shape index (κ1) is 49.3. The molecule has 0 fully saturated rings. The summed E-state index contributed by atoms with van der Waals surface area (Å²) in [5, 5.41) is 23.1. The zero-order valence-corrected chi connectivity index (χ0v) is 33.8. The SMILES string of the molecule is CCCC/C=C\CCCCCCCC(=O)OCCCCC/C=C\CCCCCCCC(=O)NC(CO)C(O)CCCCCCCCCCCCC. The number of nitrogens with one attached hydrogen (secondary N) is 1. The fourth-order valence-corrected chi connectivity index (χ4v) is 6.49. The summed E-state index contributed by atoms with van der Waals surface area (Å²) in [7, 11) is 0. The second-order valence-electron chi connectivity index (χ2n) is 15.0. The maximum Gasteiger partial charge on any atom is 0.305 e. The van der Waals surface area contributed by atoms with Gasteiger partial charge < -0.3 is 20.3 Å². The number of ether oxygens (including phenoxy) is 1. The highest BCUT2D eigenvalue weighted by atomic mass is 16.5. The van der Waals surface area contributed by atoms with E-state index in [0.717, 1.165) is 77.0 Å². The Morgan fingerprint density at radius 1 is 0.529 bits per heavy atom. The molecule has 0 saturated carbocycles. The number of carbonyl (C=O) groups excluding carboxylic acids is 2. The van der Waals surface area contributed by atoms with Crippen molar-refractivity contribution >= 4 is 11.9 Å². The van der Waals surface area contributed by atoms with Gasteiger partial charge in [0.05, 0.1) is 25.4 Å². The lowest BCUT2D eigenvalue weighted by Crippen LogP contribution is -2.45. The molecule has 0 aromatic rings. The second-order valence-corrected chi connectivity index (χ2v) is 15.0. The maximum atomic E-state index is 12.4. The number of hydrogen-bond donors (Lipinski definition) is 3. The summed E-state index contributed by atoms with van der Waals surface area (Å²) in [6, 6.07) is -0.558. The molecule has 0 aliphatic rings. The fraction of sp³-hybridized carbons (Fsp3) is 0.867. The van der Waals surface area contributed by atoms with Crippen LogP contribution >= 0.6 is 0 Å². The summed E-state index contributed by atoms with van der Waals surface area (Å²) in [6.45, 7) is 4.82. The molecular formula is C45H85NO5. The highest BCUT2D eigenvalue weighted by Crippen LogP contribution is 2.15. The van der Waals surface area contributed by atoms with Gasteiger partial charge in [0.25, 0.3) is 0 Å². The Bertz CT molecular complexity index is 797. The standard InChI is InChI=1S/C45H85NO5/c1-3-5-7-9-11-13-17-21-25-29-33-37-43(48)42(41-47)46-44(49)38-34-30-26-22-19-15-16-20-24-28-32-36-40-51-45(50)39-35-31-27-23-18-14-12-10-8-6-4-2/h10,12,16,20,42-43,47-48H,3-9,11,13-15,17-19,21-41H2,1-2H3,(H,46,49)/b12-10-,20-16-. The largest absolute Gasteiger partial charge is 0.466 e. The maximum absolute atomic E-state index is 12.4. The quantitative estimate of drug-likeness (QED) is 0.0333. The van der Waals surface area contributed by atoms with Crippen LogP contribution in [0.5, 0.6) is 0 Å². The van der Waals surface area contributed by atoms with Crippen molar-refractivity contribution in [3.8, 4) is 0 Å². The number of esters is 1. The number of unbranched alkanes of at least 4 members (excludes halogenated alkanes) is 25. The minimum atomic E-state index is -0.678. The molecule has 0 aliphatic heterocycles. The summed E-state index contributed by atoms with van der Waals surface area (Å²) in [6.07, 6.45) is 45.6. The molecule has 3 N–H and O–H groups in total. The summed E-state index contributed by atoms with van der Waals surface area (Å²) < 4.78 is 5.41. The minimum absolute atomic E-state index is 0.0348. The number of carbonyl (C=O) groups is 2. The minimum Gasteiger partial charge on any atom is -0.466 e. The van der Waals surface area contributed by atoms with E-state index in [1.165, 1.54) is 116 Å². The van der Waals surface area contributed by atoms with Crippen LogP contribution in [0.1, 0.15) is 226 Å². The molecule has 0 aromatic heterocycles. The van der Waals surface area contributed by atoms with Gasteiger partial charge in [0.15, 0.2) is 0 Å². The normalized spacial score (nSPS) is 12.9. The van der Waals surface area contributed by atoms with Crippen LogP contribution in [0.15, 0.2) is 24.3 Å². The molecular weight excluding hydrogens is 634 g/mol. The van der Waals surface area contributed by atoms with Gasteiger partial charge in [-0.3, -0.25) is 9.59 Å². The Kier molecular flexibility index (Phi) is 39.8. The highest BCUT2D eigenvalue weighted by molar-refractivity contribution is 5.76. The van der Waals surface area contributed by atoms with Gasteiger partial charge in [0, 0.05) is 12.8 Å². The molecule has 2 atom stereocenters. The van der Waals surface area contributed by atoms with Crippen LogP contribution in [0.25, 0.3) is 0 Å². The van der Waals surface area contributed by atoms with Crippen molar-refractivity contribution in [3.05, 3.63) is 24.3 Å². The summed E-state index contributed by atoms with van der Waals surface area (Å²) in [5.74, 6) is -0.0986. The lowest BCUT2D eigenvalue weighted by atomic mass is 10.0. The van der Waals surface area contributed by atoms with Crippen molar-refractivity contribution in [2.75, 3.05) is 13.2 Å². The molecule has 6 nitrogen and oxygen atoms in total. The molecule has 0 saturated heterocycles. The molecule has 0 aromatic carbocycles. The van der Waals surface area contributed by atoms with Gasteiger partial charge in [-0.2, -0.15) is 0 Å². The Hall–Kier alpha value is -1.66. The van der Waals surface area contributed by atoms with Gasteiger partial charge in [-0.15, -0.1) is 0 Å². The van der Waals surface area contributed by atoms with Crippen molar-refractivity contribution in [3.63, 3.8) is 0 Å². The van der Waals surface area contributed by atoms with Gasteiger partial charge in [-0.05, 0) is 77.0 Å². The lowest BCUT2D eigenvalue weighted by molar-refractivity contribution is -0.143. The summed E-state index contributed by atoms with van der Waals surface area (Å²) >= 11 is 0. The van der Waals surface area contributed by atoms with Crippen molar-refractivity contribution in [2.24, 2.45) is 0 Å². The molecule has 0 radical (unpaired) electrons. The predicted molar refractivity (Wildman–Crippen MR) is 218 cm³/mol. The van der Waals surface area contributed by atoms with E-state index in [1.54, 1.807) is 0 Å². The molecule has 1 amide bonds. The summed E-state index contributed by atoms with van der Waals surface area (Å²) in [5.41, 5.74) is 0. The number of allylic oxidation sites excluding steroid dienone is 4. The Morgan fingerprint density at radius 3 is 1.45 bits per heavy atom. The smallest absolute Gasteiger partial charge is 0.305 e. The van der Waals surface area contributed by atoms with Crippen molar-refractivity contribution < 1.29 is 24.5 Å². The third-order valence-electron chi connectivity index (χ3n) is 9.97. The molecule has 300 valence electrons. The topological polar surface area (TPSA) is 95.9 Å². The molecule has 0 heterocycles. The molecule has 51 heavy (non-hydrogen) atoms. The molecule has 0 rings (SSSR count). The average molecular weight is 720 g/mol. The third kappa shape index (κ3) is 37.9. The Morgan fingerprint density at radius 2 is 0.941 bits per heavy atom. The van der Waals surface area contributed by atoms with Crippen LogP contribution in [0.3, 0.4) is 0 Å². The first-order valence-electron chi connectivity index (χ1n) is 22.1. The van der Waals surface area contributed by atoms with E-state index in [2.05, 4.69) is 43.5 Å². The number of amides is 1. The van der Waals surface area contributed by atoms with Crippen molar-refractivity contribution in [1.29, 1.82) is 0 Å². The van der Waals surface area contributed by atoms with Crippen LogP contribution in [-0.4, -0.2) is 47.4 Å². The van der Waals surface area contributed by atoms with E-state index in [1.807, 2.05) is 0 Å². The first-order valence-corrected chi connectivity index (χ1v) is 22.1. The van der Waals surface area contributed by atoms with Crippen molar-refractivity contribution in [1.82, 2.24) is 5.32 Å². The van der Waals surface area contributed by atoms with E-state index in [0.29, 0.717) is 25.9 Å². The van der Waals surface area contributed by atoms with Crippen LogP contribution < -0.4 is 5.32 Å². The number of aliphatic hydroxyl groups excluding tert-OH is 2. The van der Waals surface area contributed by atoms with Crippen LogP contribution in [0.4, 0.5) is 0 Å². The molecule has 0 aliphatic carbocycles. The van der Waals surface area contributed by atoms with E-state index in [4.69, 9.17) is 4.74 Å². The third-order valence-corrected chi connectivity index (χ3v) is 9.97. The van der Waals surface area contributed by atoms with E-state index >= 15 is 0 Å². The van der Waals surface area contributed by atoms with E-state index in [-0.39, 0.29) is 18.5 Å². The number of rotatable bonds is 40. The first-order chi connectivity index (χ1) is 25.0. The molecule has 6 heteroatoms. The monoisotopic (exact) mass is 720 g/mol. The molecule has 0 bridgehead atoms.